The zero-order chi connectivity index (χ0) is 17.9. The molecule has 1 saturated heterocycles. The minimum Gasteiger partial charge on any atom is -0.493 e. The second kappa shape index (κ2) is 7.74. The Morgan fingerprint density at radius 3 is 2.96 bits per heavy atom. The summed E-state index contributed by atoms with van der Waals surface area (Å²) in [5.74, 6) is 0.754. The van der Waals surface area contributed by atoms with E-state index in [9.17, 15) is 13.2 Å². The van der Waals surface area contributed by atoms with E-state index in [0.29, 0.717) is 25.1 Å². The van der Waals surface area contributed by atoms with E-state index in [1.54, 1.807) is 10.4 Å². The lowest BCUT2D eigenvalue weighted by Gasteiger charge is -2.33. The van der Waals surface area contributed by atoms with Crippen LogP contribution in [0.4, 0.5) is 0 Å². The van der Waals surface area contributed by atoms with E-state index in [-0.39, 0.29) is 11.9 Å². The number of rotatable bonds is 5. The highest BCUT2D eigenvalue weighted by molar-refractivity contribution is 7.88. The van der Waals surface area contributed by atoms with Gasteiger partial charge in [0.25, 0.3) is 5.91 Å². The zero-order valence-corrected chi connectivity index (χ0v) is 15.5. The Bertz CT molecular complexity index is 733. The van der Waals surface area contributed by atoms with Crippen molar-refractivity contribution in [1.82, 2.24) is 9.62 Å². The molecule has 1 atom stereocenters. The van der Waals surface area contributed by atoms with Crippen molar-refractivity contribution in [1.29, 1.82) is 0 Å². The van der Waals surface area contributed by atoms with Gasteiger partial charge in [-0.25, -0.2) is 8.42 Å². The molecule has 1 aromatic carbocycles. The quantitative estimate of drug-likeness (QED) is 0.864. The Kier molecular flexibility index (Phi) is 5.64. The molecule has 1 amide bonds. The third-order valence-corrected chi connectivity index (χ3v) is 6.27. The molecule has 1 aromatic rings. The van der Waals surface area contributed by atoms with E-state index in [0.717, 1.165) is 50.0 Å². The molecule has 2 heterocycles. The van der Waals surface area contributed by atoms with Crippen LogP contribution in [0.15, 0.2) is 18.2 Å². The lowest BCUT2D eigenvalue weighted by Crippen LogP contribution is -2.44. The number of sulfonamides is 1. The Hall–Kier alpha value is -1.60. The van der Waals surface area contributed by atoms with Gasteiger partial charge in [-0.1, -0.05) is 6.42 Å². The lowest BCUT2D eigenvalue weighted by molar-refractivity contribution is 0.0949. The van der Waals surface area contributed by atoms with E-state index in [2.05, 4.69) is 5.32 Å². The minimum atomic E-state index is -3.18. The second-order valence-electron chi connectivity index (χ2n) is 6.84. The number of benzene rings is 1. The summed E-state index contributed by atoms with van der Waals surface area (Å²) in [6.45, 7) is 1.79. The van der Waals surface area contributed by atoms with Gasteiger partial charge in [-0.05, 0) is 55.9 Å². The number of aryl methyl sites for hydroxylation is 1. The molecule has 7 heteroatoms. The van der Waals surface area contributed by atoms with E-state index in [1.165, 1.54) is 6.26 Å². The Labute approximate surface area is 149 Å². The van der Waals surface area contributed by atoms with Crippen LogP contribution < -0.4 is 10.1 Å². The molecule has 2 aliphatic rings. The van der Waals surface area contributed by atoms with Gasteiger partial charge in [0.05, 0.1) is 12.9 Å². The third-order valence-electron chi connectivity index (χ3n) is 4.93. The highest BCUT2D eigenvalue weighted by Gasteiger charge is 2.28. The molecule has 6 nitrogen and oxygen atoms in total. The molecular weight excluding hydrogens is 340 g/mol. The average Bonchev–Trinajstić information content (AvgIpc) is 2.60. The molecule has 0 aliphatic carbocycles. The number of nitrogens with zero attached hydrogens (tertiary/aromatic N) is 1. The fraction of sp³-hybridized carbons (Fsp3) is 0.611. The van der Waals surface area contributed by atoms with Crippen LogP contribution in [0.2, 0.25) is 0 Å². The van der Waals surface area contributed by atoms with Crippen LogP contribution >= 0.6 is 0 Å². The standard InChI is InChI=1S/C18H26N2O4S/c1-25(22,23)20-11-3-2-6-16(20)9-10-19-18(21)15-7-8-17-14(13-15)5-4-12-24-17/h7-8,13,16H,2-6,9-12H2,1H3,(H,19,21). The van der Waals surface area contributed by atoms with Gasteiger partial charge in [-0.3, -0.25) is 4.79 Å². The maximum absolute atomic E-state index is 12.4. The highest BCUT2D eigenvalue weighted by Crippen LogP contribution is 2.25. The van der Waals surface area contributed by atoms with Crippen LogP contribution in [0.3, 0.4) is 0 Å². The van der Waals surface area contributed by atoms with Crippen molar-refractivity contribution in [2.24, 2.45) is 0 Å². The monoisotopic (exact) mass is 366 g/mol. The maximum atomic E-state index is 12.4. The first-order valence-corrected chi connectivity index (χ1v) is 10.8. The topological polar surface area (TPSA) is 75.7 Å². The lowest BCUT2D eigenvalue weighted by atomic mass is 10.0. The molecule has 25 heavy (non-hydrogen) atoms. The molecule has 3 rings (SSSR count). The molecule has 0 saturated carbocycles. The summed E-state index contributed by atoms with van der Waals surface area (Å²) in [5.41, 5.74) is 1.71. The Morgan fingerprint density at radius 2 is 2.16 bits per heavy atom. The Morgan fingerprint density at radius 1 is 1.32 bits per heavy atom. The number of amides is 1. The van der Waals surface area contributed by atoms with Crippen LogP contribution in [-0.2, 0) is 16.4 Å². The Balaban J connectivity index is 1.55. The summed E-state index contributed by atoms with van der Waals surface area (Å²) in [4.78, 5) is 12.4. The molecular formula is C18H26N2O4S. The summed E-state index contributed by atoms with van der Waals surface area (Å²) in [7, 11) is -3.18. The van der Waals surface area contributed by atoms with Crippen LogP contribution in [0, 0.1) is 0 Å². The largest absolute Gasteiger partial charge is 0.493 e. The molecule has 1 N–H and O–H groups in total. The third kappa shape index (κ3) is 4.52. The number of hydrogen-bond donors (Lipinski definition) is 1. The van der Waals surface area contributed by atoms with Crippen molar-refractivity contribution in [2.45, 2.75) is 44.6 Å². The summed E-state index contributed by atoms with van der Waals surface area (Å²) in [5, 5.41) is 2.92. The summed E-state index contributed by atoms with van der Waals surface area (Å²) >= 11 is 0. The van der Waals surface area contributed by atoms with Crippen molar-refractivity contribution in [3.05, 3.63) is 29.3 Å². The number of ether oxygens (including phenoxy) is 1. The number of hydrogen-bond acceptors (Lipinski definition) is 4. The zero-order valence-electron chi connectivity index (χ0n) is 14.7. The van der Waals surface area contributed by atoms with Crippen molar-refractivity contribution in [3.63, 3.8) is 0 Å². The van der Waals surface area contributed by atoms with Gasteiger partial charge in [0, 0.05) is 24.7 Å². The van der Waals surface area contributed by atoms with Crippen molar-refractivity contribution < 1.29 is 17.9 Å². The number of nitrogens with one attached hydrogen (secondary N) is 1. The van der Waals surface area contributed by atoms with Gasteiger partial charge in [0.2, 0.25) is 10.0 Å². The maximum Gasteiger partial charge on any atom is 0.251 e. The number of carbonyl (C=O) groups excluding carboxylic acids is 1. The van der Waals surface area contributed by atoms with E-state index in [1.807, 2.05) is 12.1 Å². The van der Waals surface area contributed by atoms with E-state index in [4.69, 9.17) is 4.74 Å². The van der Waals surface area contributed by atoms with Crippen molar-refractivity contribution in [3.8, 4) is 5.75 Å². The fourth-order valence-electron chi connectivity index (χ4n) is 3.66. The van der Waals surface area contributed by atoms with Crippen LogP contribution in [0.1, 0.15) is 48.0 Å². The van der Waals surface area contributed by atoms with Gasteiger partial charge in [-0.15, -0.1) is 0 Å². The fourth-order valence-corrected chi connectivity index (χ4v) is 4.87. The van der Waals surface area contributed by atoms with Crippen LogP contribution in [0.5, 0.6) is 5.75 Å². The highest BCUT2D eigenvalue weighted by atomic mass is 32.2. The average molecular weight is 366 g/mol. The van der Waals surface area contributed by atoms with Gasteiger partial charge >= 0.3 is 0 Å². The van der Waals surface area contributed by atoms with Crippen molar-refractivity contribution in [2.75, 3.05) is 26.0 Å². The minimum absolute atomic E-state index is 0.0130. The molecule has 1 fully saturated rings. The second-order valence-corrected chi connectivity index (χ2v) is 8.78. The molecule has 138 valence electrons. The number of carbonyl (C=O) groups is 1. The van der Waals surface area contributed by atoms with Crippen molar-refractivity contribution >= 4 is 15.9 Å². The predicted octanol–water partition coefficient (Wildman–Crippen LogP) is 1.95. The molecule has 1 unspecified atom stereocenters. The van der Waals surface area contributed by atoms with Gasteiger partial charge in [0.1, 0.15) is 5.75 Å². The molecule has 0 aromatic heterocycles. The molecule has 2 aliphatic heterocycles. The van der Waals surface area contributed by atoms with Crippen LogP contribution in [-0.4, -0.2) is 50.6 Å². The van der Waals surface area contributed by atoms with Crippen LogP contribution in [0.25, 0.3) is 0 Å². The van der Waals surface area contributed by atoms with E-state index >= 15 is 0 Å². The van der Waals surface area contributed by atoms with Gasteiger partial charge < -0.3 is 10.1 Å². The van der Waals surface area contributed by atoms with Gasteiger partial charge in [-0.2, -0.15) is 4.31 Å². The number of piperidine rings is 1. The van der Waals surface area contributed by atoms with Gasteiger partial charge in [0.15, 0.2) is 0 Å². The SMILES string of the molecule is CS(=O)(=O)N1CCCCC1CCNC(=O)c1ccc2c(c1)CCCO2. The summed E-state index contributed by atoms with van der Waals surface area (Å²) < 4.78 is 30.9. The summed E-state index contributed by atoms with van der Waals surface area (Å²) in [6.07, 6.45) is 6.62. The first-order chi connectivity index (χ1) is 11.9. The first-order valence-electron chi connectivity index (χ1n) is 8.96. The first kappa shape index (κ1) is 18.2. The molecule has 0 spiro atoms. The smallest absolute Gasteiger partial charge is 0.251 e. The number of fused-ring (bicyclic) bond motifs is 1. The predicted molar refractivity (Wildman–Crippen MR) is 96.4 cm³/mol. The summed E-state index contributed by atoms with van der Waals surface area (Å²) in [6, 6.07) is 5.52. The normalized spacial score (nSPS) is 21.2. The molecule has 0 bridgehead atoms. The van der Waals surface area contributed by atoms with E-state index < -0.39 is 10.0 Å². The molecule has 0 radical (unpaired) electrons.